The number of hydrogen-bond donors (Lipinski definition) is 0. The molecule has 2 aromatic heterocycles. The second-order valence-electron chi connectivity index (χ2n) is 8.95. The van der Waals surface area contributed by atoms with Gasteiger partial charge in [-0.25, -0.2) is 4.98 Å². The van der Waals surface area contributed by atoms with E-state index in [4.69, 9.17) is 9.15 Å². The zero-order valence-electron chi connectivity index (χ0n) is 18.5. The Morgan fingerprint density at radius 3 is 2.50 bits per heavy atom. The lowest BCUT2D eigenvalue weighted by atomic mass is 9.93. The molecule has 1 aliphatic carbocycles. The van der Waals surface area contributed by atoms with Gasteiger partial charge < -0.3 is 14.1 Å². The number of benzene rings is 1. The van der Waals surface area contributed by atoms with Crippen molar-refractivity contribution in [1.29, 1.82) is 0 Å². The van der Waals surface area contributed by atoms with Crippen molar-refractivity contribution in [3.05, 3.63) is 33.5 Å². The third-order valence-electron chi connectivity index (χ3n) is 6.41. The highest BCUT2D eigenvalue weighted by atomic mass is 127. The van der Waals surface area contributed by atoms with Gasteiger partial charge in [-0.05, 0) is 84.9 Å². The third-order valence-corrected chi connectivity index (χ3v) is 7.08. The standard InChI is InChI=1S/C23H23F3IN5O2/c1-14-12-17(29-21(28-14)33-11-8-23(24,25)26)20-31-30-19(34-20)16-3-2-15(27)13-18(16)32-9-6-22(4-5-22)7-10-32/h2-3,12-13H,4-11H2,1H3. The smallest absolute Gasteiger partial charge is 0.392 e. The van der Waals surface area contributed by atoms with Gasteiger partial charge in [-0.15, -0.1) is 10.2 Å². The first-order valence-electron chi connectivity index (χ1n) is 11.1. The first-order valence-corrected chi connectivity index (χ1v) is 12.2. The minimum atomic E-state index is -4.31. The summed E-state index contributed by atoms with van der Waals surface area (Å²) in [6, 6.07) is 7.58. The molecule has 0 unspecified atom stereocenters. The maximum atomic E-state index is 12.4. The molecular weight excluding hydrogens is 562 g/mol. The van der Waals surface area contributed by atoms with Crippen LogP contribution >= 0.6 is 22.6 Å². The molecule has 2 aliphatic rings. The van der Waals surface area contributed by atoms with Gasteiger partial charge in [0.25, 0.3) is 5.89 Å². The minimum Gasteiger partial charge on any atom is -0.463 e. The number of aryl methyl sites for hydroxylation is 1. The number of nitrogens with zero attached hydrogens (tertiary/aromatic N) is 5. The van der Waals surface area contributed by atoms with Crippen LogP contribution in [0.15, 0.2) is 28.7 Å². The van der Waals surface area contributed by atoms with Crippen molar-refractivity contribution in [1.82, 2.24) is 20.2 Å². The van der Waals surface area contributed by atoms with Crippen molar-refractivity contribution in [3.63, 3.8) is 0 Å². The van der Waals surface area contributed by atoms with Gasteiger partial charge in [0.05, 0.1) is 17.7 Å². The van der Waals surface area contributed by atoms with Crippen LogP contribution in [0.2, 0.25) is 0 Å². The van der Waals surface area contributed by atoms with Gasteiger partial charge in [0.2, 0.25) is 5.89 Å². The summed E-state index contributed by atoms with van der Waals surface area (Å²) in [5, 5.41) is 8.39. The molecule has 180 valence electrons. The molecular formula is C23H23F3IN5O2. The highest BCUT2D eigenvalue weighted by Crippen LogP contribution is 2.54. The molecule has 1 saturated carbocycles. The van der Waals surface area contributed by atoms with Gasteiger partial charge in [0.15, 0.2) is 0 Å². The van der Waals surface area contributed by atoms with Crippen molar-refractivity contribution < 1.29 is 22.3 Å². The molecule has 0 bridgehead atoms. The molecule has 7 nitrogen and oxygen atoms in total. The average Bonchev–Trinajstić information content (AvgIpc) is 3.34. The summed E-state index contributed by atoms with van der Waals surface area (Å²) in [6.45, 7) is 3.12. The van der Waals surface area contributed by atoms with Gasteiger partial charge in [0.1, 0.15) is 12.3 Å². The molecule has 0 N–H and O–H groups in total. The lowest BCUT2D eigenvalue weighted by Crippen LogP contribution is -2.34. The monoisotopic (exact) mass is 585 g/mol. The van der Waals surface area contributed by atoms with Crippen LogP contribution in [0.25, 0.3) is 23.0 Å². The van der Waals surface area contributed by atoms with Crippen LogP contribution in [0, 0.1) is 15.9 Å². The summed E-state index contributed by atoms with van der Waals surface area (Å²) in [4.78, 5) is 10.6. The molecule has 5 rings (SSSR count). The van der Waals surface area contributed by atoms with E-state index in [1.165, 1.54) is 25.7 Å². The Morgan fingerprint density at radius 2 is 1.79 bits per heavy atom. The van der Waals surface area contributed by atoms with Gasteiger partial charge in [-0.3, -0.25) is 0 Å². The fourth-order valence-corrected chi connectivity index (χ4v) is 4.73. The maximum Gasteiger partial charge on any atom is 0.392 e. The van der Waals surface area contributed by atoms with Gasteiger partial charge in [-0.2, -0.15) is 18.2 Å². The normalized spacial score (nSPS) is 17.3. The van der Waals surface area contributed by atoms with Crippen LogP contribution in [0.1, 0.15) is 37.8 Å². The van der Waals surface area contributed by atoms with E-state index in [9.17, 15) is 13.2 Å². The van der Waals surface area contributed by atoms with Crippen LogP contribution in [-0.4, -0.2) is 46.0 Å². The highest BCUT2D eigenvalue weighted by Gasteiger charge is 2.44. The quantitative estimate of drug-likeness (QED) is 0.338. The molecule has 1 aromatic carbocycles. The van der Waals surface area contributed by atoms with Crippen LogP contribution in [0.5, 0.6) is 6.01 Å². The summed E-state index contributed by atoms with van der Waals surface area (Å²) < 4.78 is 49.5. The summed E-state index contributed by atoms with van der Waals surface area (Å²) >= 11 is 2.30. The summed E-state index contributed by atoms with van der Waals surface area (Å²) in [6.07, 6.45) is -0.320. The number of halogens is 4. The van der Waals surface area contributed by atoms with Crippen molar-refractivity contribution >= 4 is 28.3 Å². The Bertz CT molecular complexity index is 1190. The molecule has 2 fully saturated rings. The highest BCUT2D eigenvalue weighted by molar-refractivity contribution is 14.1. The molecule has 0 atom stereocenters. The van der Waals surface area contributed by atoms with E-state index in [-0.39, 0.29) is 11.9 Å². The number of aromatic nitrogens is 4. The van der Waals surface area contributed by atoms with Crippen LogP contribution in [0.4, 0.5) is 18.9 Å². The summed E-state index contributed by atoms with van der Waals surface area (Å²) in [7, 11) is 0. The Labute approximate surface area is 208 Å². The largest absolute Gasteiger partial charge is 0.463 e. The number of ether oxygens (including phenoxy) is 1. The molecule has 1 aliphatic heterocycles. The summed E-state index contributed by atoms with van der Waals surface area (Å²) in [5.74, 6) is 0.519. The topological polar surface area (TPSA) is 77.2 Å². The summed E-state index contributed by atoms with van der Waals surface area (Å²) in [5.41, 5.74) is 3.30. The van der Waals surface area contributed by atoms with Crippen LogP contribution in [-0.2, 0) is 0 Å². The predicted octanol–water partition coefficient (Wildman–Crippen LogP) is 5.82. The minimum absolute atomic E-state index is 0.154. The fraction of sp³-hybridized carbons (Fsp3) is 0.478. The molecule has 1 spiro atoms. The van der Waals surface area contributed by atoms with Gasteiger partial charge in [-0.1, -0.05) is 0 Å². The Hall–Kier alpha value is -2.44. The molecule has 34 heavy (non-hydrogen) atoms. The average molecular weight is 585 g/mol. The number of anilines is 1. The Balaban J connectivity index is 1.38. The van der Waals surface area contributed by atoms with Crippen molar-refractivity contribution in [3.8, 4) is 29.0 Å². The van der Waals surface area contributed by atoms with E-state index in [0.717, 1.165) is 27.9 Å². The first kappa shape index (κ1) is 23.3. The van der Waals surface area contributed by atoms with E-state index < -0.39 is 19.2 Å². The number of hydrogen-bond acceptors (Lipinski definition) is 7. The van der Waals surface area contributed by atoms with E-state index in [0.29, 0.717) is 22.7 Å². The lowest BCUT2D eigenvalue weighted by molar-refractivity contribution is -0.139. The molecule has 11 heteroatoms. The molecule has 0 amide bonds. The second-order valence-corrected chi connectivity index (χ2v) is 10.2. The SMILES string of the molecule is Cc1cc(-c2nnc(-c3ccc(I)cc3N3CCC4(CC3)CC4)o2)nc(OCCC(F)(F)F)n1. The fourth-order valence-electron chi connectivity index (χ4n) is 4.26. The first-order chi connectivity index (χ1) is 16.2. The van der Waals surface area contributed by atoms with E-state index in [1.807, 2.05) is 12.1 Å². The van der Waals surface area contributed by atoms with Gasteiger partial charge >= 0.3 is 12.2 Å². The molecule has 1 saturated heterocycles. The Kier molecular flexibility index (Phi) is 6.15. The number of piperidine rings is 1. The van der Waals surface area contributed by atoms with Crippen LogP contribution in [0.3, 0.4) is 0 Å². The molecule has 3 aromatic rings. The molecule has 0 radical (unpaired) electrons. The Morgan fingerprint density at radius 1 is 1.06 bits per heavy atom. The van der Waals surface area contributed by atoms with E-state index >= 15 is 0 Å². The van der Waals surface area contributed by atoms with Gasteiger partial charge in [0, 0.05) is 22.4 Å². The molecule has 3 heterocycles. The lowest BCUT2D eigenvalue weighted by Gasteiger charge is -2.34. The van der Waals surface area contributed by atoms with Crippen molar-refractivity contribution in [2.75, 3.05) is 24.6 Å². The number of rotatable bonds is 6. The van der Waals surface area contributed by atoms with Crippen molar-refractivity contribution in [2.45, 2.75) is 45.2 Å². The zero-order valence-corrected chi connectivity index (χ0v) is 20.7. The van der Waals surface area contributed by atoms with Crippen LogP contribution < -0.4 is 9.64 Å². The zero-order chi connectivity index (χ0) is 23.9. The van der Waals surface area contributed by atoms with Crippen molar-refractivity contribution in [2.24, 2.45) is 5.41 Å². The van der Waals surface area contributed by atoms with E-state index in [2.05, 4.69) is 53.7 Å². The number of alkyl halides is 3. The second kappa shape index (κ2) is 8.97. The maximum absolute atomic E-state index is 12.4. The third kappa shape index (κ3) is 5.28. The predicted molar refractivity (Wildman–Crippen MR) is 127 cm³/mol. The van der Waals surface area contributed by atoms with E-state index in [1.54, 1.807) is 13.0 Å².